The number of hydrogen-bond donors (Lipinski definition) is 1. The van der Waals surface area contributed by atoms with E-state index in [0.29, 0.717) is 11.6 Å². The summed E-state index contributed by atoms with van der Waals surface area (Å²) in [4.78, 5) is 24.0. The van der Waals surface area contributed by atoms with Crippen molar-refractivity contribution in [2.24, 2.45) is 0 Å². The zero-order chi connectivity index (χ0) is 23.3. The Balaban J connectivity index is 1.72. The van der Waals surface area contributed by atoms with E-state index in [9.17, 15) is 26.8 Å². The minimum atomic E-state index is -4.08. The minimum Gasteiger partial charge on any atom is -0.454 e. The van der Waals surface area contributed by atoms with Gasteiger partial charge in [0.1, 0.15) is 16.5 Å². The molecule has 0 atom stereocenters. The first-order chi connectivity index (χ1) is 15.2. The molecule has 0 aromatic heterocycles. The average molecular weight is 480 g/mol. The fraction of sp³-hybridized carbons (Fsp3) is 0.0909. The Bertz CT molecular complexity index is 1270. The van der Waals surface area contributed by atoms with Gasteiger partial charge >= 0.3 is 5.97 Å². The maximum Gasteiger partial charge on any atom is 0.338 e. The molecule has 0 unspecified atom stereocenters. The number of benzene rings is 3. The lowest BCUT2D eigenvalue weighted by molar-refractivity contribution is 0.0473. The van der Waals surface area contributed by atoms with Crippen molar-refractivity contribution in [3.8, 4) is 0 Å². The van der Waals surface area contributed by atoms with Gasteiger partial charge in [-0.3, -0.25) is 4.79 Å². The summed E-state index contributed by atoms with van der Waals surface area (Å²) in [5, 5.41) is -0.125. The summed E-state index contributed by atoms with van der Waals surface area (Å²) in [7, 11) is -4.08. The Kier molecular flexibility index (Phi) is 7.34. The predicted molar refractivity (Wildman–Crippen MR) is 113 cm³/mol. The van der Waals surface area contributed by atoms with E-state index in [2.05, 4.69) is 4.72 Å². The van der Waals surface area contributed by atoms with Crippen molar-refractivity contribution in [3.63, 3.8) is 0 Å². The number of ether oxygens (including phenoxy) is 1. The van der Waals surface area contributed by atoms with Gasteiger partial charge in [0.25, 0.3) is 0 Å². The summed E-state index contributed by atoms with van der Waals surface area (Å²) >= 11 is 6.00. The summed E-state index contributed by atoms with van der Waals surface area (Å²) in [5.74, 6) is -3.78. The minimum absolute atomic E-state index is 0.00186. The molecule has 0 aliphatic rings. The number of halogens is 3. The zero-order valence-corrected chi connectivity index (χ0v) is 17.9. The Morgan fingerprint density at radius 2 is 1.69 bits per heavy atom. The molecule has 0 bridgehead atoms. The van der Waals surface area contributed by atoms with E-state index in [1.54, 1.807) is 30.3 Å². The Morgan fingerprint density at radius 3 is 2.41 bits per heavy atom. The van der Waals surface area contributed by atoms with Crippen LogP contribution >= 0.6 is 11.6 Å². The van der Waals surface area contributed by atoms with E-state index >= 15 is 0 Å². The molecule has 3 rings (SSSR count). The van der Waals surface area contributed by atoms with Gasteiger partial charge in [0.2, 0.25) is 15.8 Å². The number of nitrogens with one attached hydrogen (secondary N) is 1. The van der Waals surface area contributed by atoms with Crippen molar-refractivity contribution in [1.29, 1.82) is 0 Å². The van der Waals surface area contributed by atoms with Gasteiger partial charge in [0, 0.05) is 6.54 Å². The van der Waals surface area contributed by atoms with Crippen LogP contribution in [-0.4, -0.2) is 26.8 Å². The lowest BCUT2D eigenvalue weighted by atomic mass is 10.1. The van der Waals surface area contributed by atoms with Crippen LogP contribution in [0.5, 0.6) is 0 Å². The number of hydrogen-bond acceptors (Lipinski definition) is 5. The highest BCUT2D eigenvalue weighted by molar-refractivity contribution is 7.89. The first-order valence-corrected chi connectivity index (χ1v) is 11.0. The second-order valence-corrected chi connectivity index (χ2v) is 8.72. The molecule has 166 valence electrons. The number of ketones is 1. The number of Topliss-reactive ketones (excluding diaryl/α,β-unsaturated/α-hetero) is 1. The van der Waals surface area contributed by atoms with E-state index in [0.717, 1.165) is 18.2 Å². The summed E-state index contributed by atoms with van der Waals surface area (Å²) < 4.78 is 59.4. The van der Waals surface area contributed by atoms with Crippen LogP contribution in [0.15, 0.2) is 71.6 Å². The van der Waals surface area contributed by atoms with Gasteiger partial charge in [-0.15, -0.1) is 0 Å². The van der Waals surface area contributed by atoms with Crippen molar-refractivity contribution in [1.82, 2.24) is 4.72 Å². The van der Waals surface area contributed by atoms with Gasteiger partial charge in [-0.25, -0.2) is 26.7 Å². The molecule has 6 nitrogen and oxygen atoms in total. The lowest BCUT2D eigenvalue weighted by Gasteiger charge is -2.10. The van der Waals surface area contributed by atoms with Crippen molar-refractivity contribution in [2.45, 2.75) is 11.4 Å². The highest BCUT2D eigenvalue weighted by Crippen LogP contribution is 2.23. The molecule has 0 spiro atoms. The molecular formula is C22H16ClF2NO5S. The number of sulfonamides is 1. The molecular weight excluding hydrogens is 464 g/mol. The highest BCUT2D eigenvalue weighted by Gasteiger charge is 2.22. The Morgan fingerprint density at radius 1 is 0.969 bits per heavy atom. The number of carbonyl (C=O) groups is 2. The second kappa shape index (κ2) is 9.99. The van der Waals surface area contributed by atoms with Gasteiger partial charge in [-0.05, 0) is 42.0 Å². The van der Waals surface area contributed by atoms with Gasteiger partial charge in [0.05, 0.1) is 16.1 Å². The molecule has 3 aromatic rings. The number of esters is 1. The molecule has 0 radical (unpaired) electrons. The van der Waals surface area contributed by atoms with E-state index in [4.69, 9.17) is 16.3 Å². The van der Waals surface area contributed by atoms with Crippen LogP contribution < -0.4 is 4.72 Å². The Hall–Kier alpha value is -3.14. The molecule has 1 N–H and O–H groups in total. The molecule has 0 amide bonds. The van der Waals surface area contributed by atoms with Crippen LogP contribution in [0.1, 0.15) is 26.3 Å². The van der Waals surface area contributed by atoms with Crippen LogP contribution in [0.3, 0.4) is 0 Å². The quantitative estimate of drug-likeness (QED) is 0.387. The van der Waals surface area contributed by atoms with Gasteiger partial charge in [0.15, 0.2) is 6.61 Å². The van der Waals surface area contributed by atoms with Crippen LogP contribution in [0.4, 0.5) is 8.78 Å². The fourth-order valence-electron chi connectivity index (χ4n) is 2.69. The normalized spacial score (nSPS) is 11.2. The molecule has 0 aliphatic heterocycles. The molecule has 0 fully saturated rings. The van der Waals surface area contributed by atoms with Gasteiger partial charge in [-0.2, -0.15) is 0 Å². The van der Waals surface area contributed by atoms with Crippen molar-refractivity contribution >= 4 is 33.4 Å². The summed E-state index contributed by atoms with van der Waals surface area (Å²) in [6.07, 6.45) is 0. The Labute approximate surface area is 187 Å². The first kappa shape index (κ1) is 23.5. The van der Waals surface area contributed by atoms with Crippen LogP contribution in [0, 0.1) is 11.6 Å². The third-order valence-electron chi connectivity index (χ3n) is 4.33. The van der Waals surface area contributed by atoms with Gasteiger partial charge in [-0.1, -0.05) is 41.9 Å². The number of rotatable bonds is 8. The monoisotopic (exact) mass is 479 g/mol. The van der Waals surface area contributed by atoms with Crippen molar-refractivity contribution < 1.29 is 31.5 Å². The molecule has 10 heteroatoms. The molecule has 0 saturated carbocycles. The van der Waals surface area contributed by atoms with Crippen LogP contribution in [-0.2, 0) is 21.3 Å². The van der Waals surface area contributed by atoms with Crippen molar-refractivity contribution in [3.05, 3.63) is 100 Å². The second-order valence-electron chi connectivity index (χ2n) is 6.58. The lowest BCUT2D eigenvalue weighted by Crippen LogP contribution is -2.24. The van der Waals surface area contributed by atoms with Crippen LogP contribution in [0.25, 0.3) is 0 Å². The van der Waals surface area contributed by atoms with E-state index in [1.165, 1.54) is 12.1 Å². The average Bonchev–Trinajstić information content (AvgIpc) is 2.78. The maximum atomic E-state index is 13.7. The van der Waals surface area contributed by atoms with Gasteiger partial charge < -0.3 is 4.74 Å². The largest absolute Gasteiger partial charge is 0.454 e. The highest BCUT2D eigenvalue weighted by atomic mass is 35.5. The SMILES string of the molecule is O=C(OCC(=O)c1cc(F)ccc1F)c1ccc(Cl)c(S(=O)(=O)NCc2ccccc2)c1. The maximum absolute atomic E-state index is 13.7. The van der Waals surface area contributed by atoms with Crippen molar-refractivity contribution in [2.75, 3.05) is 6.61 Å². The van der Waals surface area contributed by atoms with E-state index in [-0.39, 0.29) is 22.0 Å². The van der Waals surface area contributed by atoms with E-state index < -0.39 is 45.6 Å². The third kappa shape index (κ3) is 5.76. The summed E-state index contributed by atoms with van der Waals surface area (Å²) in [5.41, 5.74) is -0.0462. The van der Waals surface area contributed by atoms with E-state index in [1.807, 2.05) is 0 Å². The third-order valence-corrected chi connectivity index (χ3v) is 6.21. The standard InChI is InChI=1S/C22H16ClF2NO5S/c23-18-8-6-15(10-21(18)32(29,30)26-12-14-4-2-1-3-5-14)22(28)31-13-20(27)17-11-16(24)7-9-19(17)25/h1-11,26H,12-13H2. The summed E-state index contributed by atoms with van der Waals surface area (Å²) in [6, 6.07) is 14.5. The smallest absolute Gasteiger partial charge is 0.338 e. The summed E-state index contributed by atoms with van der Waals surface area (Å²) in [6.45, 7) is -0.863. The predicted octanol–water partition coefficient (Wildman–Crippen LogP) is 4.14. The number of carbonyl (C=O) groups excluding carboxylic acids is 2. The fourth-order valence-corrected chi connectivity index (χ4v) is 4.23. The molecule has 0 saturated heterocycles. The topological polar surface area (TPSA) is 89.5 Å². The molecule has 3 aromatic carbocycles. The molecule has 32 heavy (non-hydrogen) atoms. The van der Waals surface area contributed by atoms with Crippen LogP contribution in [0.2, 0.25) is 5.02 Å². The molecule has 0 heterocycles. The first-order valence-electron chi connectivity index (χ1n) is 9.16. The zero-order valence-electron chi connectivity index (χ0n) is 16.3. The molecule has 0 aliphatic carbocycles.